The summed E-state index contributed by atoms with van der Waals surface area (Å²) >= 11 is 2.79. The zero-order valence-corrected chi connectivity index (χ0v) is 17.8. The van der Waals surface area contributed by atoms with Gasteiger partial charge in [-0.15, -0.1) is 22.7 Å². The molecule has 0 bridgehead atoms. The third kappa shape index (κ3) is 4.35. The largest absolute Gasteiger partial charge is 0.337 e. The minimum Gasteiger partial charge on any atom is -0.337 e. The van der Waals surface area contributed by atoms with E-state index < -0.39 is 0 Å². The third-order valence-electron chi connectivity index (χ3n) is 4.83. The molecule has 3 aromatic heterocycles. The molecule has 9 heteroatoms. The second-order valence-corrected chi connectivity index (χ2v) is 8.91. The van der Waals surface area contributed by atoms with Crippen molar-refractivity contribution in [1.82, 2.24) is 19.9 Å². The number of piperidine rings is 1. The Morgan fingerprint density at radius 3 is 2.86 bits per heavy atom. The smallest absolute Gasteiger partial charge is 0.265 e. The lowest BCUT2D eigenvalue weighted by molar-refractivity contribution is -0.121. The number of anilines is 1. The summed E-state index contributed by atoms with van der Waals surface area (Å²) in [7, 11) is 0. The number of pyridine rings is 1. The van der Waals surface area contributed by atoms with Crippen LogP contribution in [0.2, 0.25) is 0 Å². The van der Waals surface area contributed by atoms with E-state index in [0.29, 0.717) is 28.8 Å². The summed E-state index contributed by atoms with van der Waals surface area (Å²) in [6, 6.07) is 3.78. The molecule has 2 amide bonds. The number of hydrogen-bond acceptors (Lipinski definition) is 7. The fourth-order valence-corrected chi connectivity index (χ4v) is 5.06. The van der Waals surface area contributed by atoms with Gasteiger partial charge in [0.1, 0.15) is 9.88 Å². The monoisotopic (exact) mass is 427 g/mol. The van der Waals surface area contributed by atoms with Gasteiger partial charge in [0, 0.05) is 36.4 Å². The number of nitrogens with one attached hydrogen (secondary N) is 1. The zero-order valence-electron chi connectivity index (χ0n) is 16.2. The van der Waals surface area contributed by atoms with E-state index in [4.69, 9.17) is 0 Å². The number of amides is 2. The van der Waals surface area contributed by atoms with Gasteiger partial charge in [0.05, 0.1) is 17.3 Å². The van der Waals surface area contributed by atoms with Gasteiger partial charge < -0.3 is 10.2 Å². The van der Waals surface area contributed by atoms with Crippen LogP contribution in [0.1, 0.15) is 33.9 Å². The third-order valence-corrected chi connectivity index (χ3v) is 6.90. The maximum atomic E-state index is 13.1. The molecule has 4 heterocycles. The lowest BCUT2D eigenvalue weighted by Gasteiger charge is -2.31. The minimum atomic E-state index is -0.233. The van der Waals surface area contributed by atoms with Crippen LogP contribution in [0.5, 0.6) is 0 Å². The summed E-state index contributed by atoms with van der Waals surface area (Å²) in [4.78, 5) is 41.1. The maximum absolute atomic E-state index is 13.1. The molecule has 0 aromatic carbocycles. The van der Waals surface area contributed by atoms with Crippen molar-refractivity contribution in [2.75, 3.05) is 18.4 Å². The Labute approximate surface area is 176 Å². The van der Waals surface area contributed by atoms with Gasteiger partial charge in [0.15, 0.2) is 5.13 Å². The van der Waals surface area contributed by atoms with Crippen LogP contribution in [0.25, 0.3) is 10.6 Å². The Morgan fingerprint density at radius 2 is 2.14 bits per heavy atom. The van der Waals surface area contributed by atoms with Crippen molar-refractivity contribution < 1.29 is 9.59 Å². The van der Waals surface area contributed by atoms with Crippen molar-refractivity contribution >= 4 is 39.6 Å². The quantitative estimate of drug-likeness (QED) is 0.685. The summed E-state index contributed by atoms with van der Waals surface area (Å²) in [5.74, 6) is -0.366. The number of hydrogen-bond donors (Lipinski definition) is 1. The number of aromatic nitrogens is 3. The molecule has 1 fully saturated rings. The van der Waals surface area contributed by atoms with E-state index in [1.54, 1.807) is 17.3 Å². The predicted molar refractivity (Wildman–Crippen MR) is 114 cm³/mol. The molecule has 7 nitrogen and oxygen atoms in total. The molecule has 1 aliphatic heterocycles. The minimum absolute atomic E-state index is 0.0577. The molecule has 0 aliphatic carbocycles. The topological polar surface area (TPSA) is 88.1 Å². The van der Waals surface area contributed by atoms with Crippen molar-refractivity contribution in [3.05, 3.63) is 46.2 Å². The molecule has 0 spiro atoms. The molecule has 4 rings (SSSR count). The van der Waals surface area contributed by atoms with E-state index in [1.165, 1.54) is 22.7 Å². The van der Waals surface area contributed by atoms with E-state index >= 15 is 0 Å². The molecule has 0 radical (unpaired) electrons. The van der Waals surface area contributed by atoms with Gasteiger partial charge in [0.2, 0.25) is 5.91 Å². The van der Waals surface area contributed by atoms with Gasteiger partial charge in [-0.05, 0) is 38.8 Å². The Bertz CT molecular complexity index is 1030. The Morgan fingerprint density at radius 1 is 1.28 bits per heavy atom. The molecule has 1 N–H and O–H groups in total. The van der Waals surface area contributed by atoms with Gasteiger partial charge in [0.25, 0.3) is 5.91 Å². The van der Waals surface area contributed by atoms with Gasteiger partial charge in [-0.25, -0.2) is 9.97 Å². The van der Waals surface area contributed by atoms with Crippen LogP contribution in [-0.4, -0.2) is 44.8 Å². The Balaban J connectivity index is 1.46. The first-order valence-corrected chi connectivity index (χ1v) is 11.1. The van der Waals surface area contributed by atoms with E-state index in [9.17, 15) is 9.59 Å². The highest BCUT2D eigenvalue weighted by molar-refractivity contribution is 7.17. The van der Waals surface area contributed by atoms with Gasteiger partial charge in [-0.1, -0.05) is 0 Å². The number of nitrogens with zero attached hydrogens (tertiary/aromatic N) is 4. The van der Waals surface area contributed by atoms with Gasteiger partial charge in [-0.3, -0.25) is 14.6 Å². The molecule has 150 valence electrons. The second-order valence-electron chi connectivity index (χ2n) is 7.05. The highest BCUT2D eigenvalue weighted by Crippen LogP contribution is 2.30. The summed E-state index contributed by atoms with van der Waals surface area (Å²) in [5.41, 5.74) is 2.49. The number of carbonyl (C=O) groups is 2. The van der Waals surface area contributed by atoms with E-state index in [2.05, 4.69) is 20.3 Å². The van der Waals surface area contributed by atoms with E-state index in [1.807, 2.05) is 31.4 Å². The van der Waals surface area contributed by atoms with Crippen LogP contribution in [-0.2, 0) is 4.79 Å². The van der Waals surface area contributed by atoms with Crippen molar-refractivity contribution in [2.24, 2.45) is 5.92 Å². The average molecular weight is 428 g/mol. The van der Waals surface area contributed by atoms with E-state index in [0.717, 1.165) is 29.1 Å². The standard InChI is InChI=1S/C20H21N5O2S2/c1-12-11-28-20(22-12)24-17(26)15-6-4-8-25(10-15)19(27)16-13(2)23-18(29-16)14-5-3-7-21-9-14/h3,5,7,9,11,15H,4,6,8,10H2,1-2H3,(H,22,24,26). The van der Waals surface area contributed by atoms with Crippen molar-refractivity contribution in [3.8, 4) is 10.6 Å². The molecular formula is C20H21N5O2S2. The number of likely N-dealkylation sites (tertiary alicyclic amines) is 1. The fourth-order valence-electron chi connectivity index (χ4n) is 3.35. The molecule has 3 aromatic rings. The fraction of sp³-hybridized carbons (Fsp3) is 0.350. The lowest BCUT2D eigenvalue weighted by Crippen LogP contribution is -2.43. The number of aryl methyl sites for hydroxylation is 2. The summed E-state index contributed by atoms with van der Waals surface area (Å²) in [5, 5.41) is 6.17. The molecule has 1 aliphatic rings. The van der Waals surface area contributed by atoms with Crippen molar-refractivity contribution in [3.63, 3.8) is 0 Å². The van der Waals surface area contributed by atoms with Crippen LogP contribution in [0.4, 0.5) is 5.13 Å². The summed E-state index contributed by atoms with van der Waals surface area (Å²) in [6.07, 6.45) is 5.02. The molecule has 1 saturated heterocycles. The van der Waals surface area contributed by atoms with Crippen LogP contribution in [0, 0.1) is 19.8 Å². The molecular weight excluding hydrogens is 406 g/mol. The SMILES string of the molecule is Cc1csc(NC(=O)C2CCCN(C(=O)c3sc(-c4cccnc4)nc3C)C2)n1. The average Bonchev–Trinajstić information content (AvgIpc) is 3.33. The number of thiazole rings is 2. The molecule has 29 heavy (non-hydrogen) atoms. The summed E-state index contributed by atoms with van der Waals surface area (Å²) in [6.45, 7) is 4.81. The number of carbonyl (C=O) groups excluding carboxylic acids is 2. The molecule has 1 unspecified atom stereocenters. The predicted octanol–water partition coefficient (Wildman–Crippen LogP) is 3.77. The first-order valence-electron chi connectivity index (χ1n) is 9.41. The van der Waals surface area contributed by atoms with Crippen LogP contribution in [0.3, 0.4) is 0 Å². The Hall–Kier alpha value is -2.65. The number of rotatable bonds is 4. The van der Waals surface area contributed by atoms with Crippen molar-refractivity contribution in [1.29, 1.82) is 0 Å². The molecule has 0 saturated carbocycles. The van der Waals surface area contributed by atoms with E-state index in [-0.39, 0.29) is 17.7 Å². The first kappa shape index (κ1) is 19.7. The van der Waals surface area contributed by atoms with Gasteiger partial charge >= 0.3 is 0 Å². The van der Waals surface area contributed by atoms with Crippen molar-refractivity contribution in [2.45, 2.75) is 26.7 Å². The second kappa shape index (κ2) is 8.38. The highest BCUT2D eigenvalue weighted by Gasteiger charge is 2.31. The van der Waals surface area contributed by atoms with Gasteiger partial charge in [-0.2, -0.15) is 0 Å². The van der Waals surface area contributed by atoms with Crippen LogP contribution >= 0.6 is 22.7 Å². The highest BCUT2D eigenvalue weighted by atomic mass is 32.1. The summed E-state index contributed by atoms with van der Waals surface area (Å²) < 4.78 is 0. The zero-order chi connectivity index (χ0) is 20.4. The van der Waals surface area contributed by atoms with Crippen LogP contribution in [0.15, 0.2) is 29.9 Å². The molecule has 1 atom stereocenters. The lowest BCUT2D eigenvalue weighted by atomic mass is 9.97. The first-order chi connectivity index (χ1) is 14.0. The Kier molecular flexibility index (Phi) is 5.68. The normalized spacial score (nSPS) is 16.6. The maximum Gasteiger partial charge on any atom is 0.265 e. The van der Waals surface area contributed by atoms with Crippen LogP contribution < -0.4 is 5.32 Å².